The first-order valence-corrected chi connectivity index (χ1v) is 6.89. The van der Waals surface area contributed by atoms with E-state index < -0.39 is 0 Å². The molecule has 0 unspecified atom stereocenters. The zero-order valence-electron chi connectivity index (χ0n) is 10.1. The van der Waals surface area contributed by atoms with Gasteiger partial charge < -0.3 is 15.7 Å². The van der Waals surface area contributed by atoms with Gasteiger partial charge in [-0.25, -0.2) is 0 Å². The number of amides is 1. The molecule has 1 aromatic carbocycles. The van der Waals surface area contributed by atoms with Crippen LogP contribution in [0.4, 0.5) is 0 Å². The molecule has 1 fully saturated rings. The topological polar surface area (TPSA) is 66.6 Å². The molecule has 0 saturated carbocycles. The molecule has 0 spiro atoms. The van der Waals surface area contributed by atoms with Crippen LogP contribution in [0.25, 0.3) is 0 Å². The Morgan fingerprint density at radius 1 is 1.44 bits per heavy atom. The summed E-state index contributed by atoms with van der Waals surface area (Å²) in [6, 6.07) is 4.95. The highest BCUT2D eigenvalue weighted by atomic mass is 79.9. The maximum absolute atomic E-state index is 12.2. The van der Waals surface area contributed by atoms with Crippen LogP contribution >= 0.6 is 15.9 Å². The Kier molecular flexibility index (Phi) is 4.24. The van der Waals surface area contributed by atoms with Crippen LogP contribution in [0.3, 0.4) is 0 Å². The number of phenolic OH excluding ortho intramolecular Hbond substituents is 1. The summed E-state index contributed by atoms with van der Waals surface area (Å²) in [6.07, 6.45) is 1.89. The lowest BCUT2D eigenvalue weighted by Gasteiger charge is -2.31. The van der Waals surface area contributed by atoms with Gasteiger partial charge in [-0.15, -0.1) is 0 Å². The van der Waals surface area contributed by atoms with E-state index in [2.05, 4.69) is 15.9 Å². The summed E-state index contributed by atoms with van der Waals surface area (Å²) < 4.78 is 0.762. The van der Waals surface area contributed by atoms with Gasteiger partial charge in [-0.05, 0) is 43.5 Å². The minimum Gasteiger partial charge on any atom is -0.507 e. The molecule has 0 aliphatic carbocycles. The summed E-state index contributed by atoms with van der Waals surface area (Å²) in [5.74, 6) is 0.443. The lowest BCUT2D eigenvalue weighted by molar-refractivity contribution is 0.0690. The molecular weight excluding hydrogens is 296 g/mol. The summed E-state index contributed by atoms with van der Waals surface area (Å²) in [5, 5.41) is 9.79. The average molecular weight is 313 g/mol. The van der Waals surface area contributed by atoms with Gasteiger partial charge in [-0.1, -0.05) is 15.9 Å². The molecule has 1 aliphatic rings. The highest BCUT2D eigenvalue weighted by molar-refractivity contribution is 9.10. The zero-order chi connectivity index (χ0) is 13.1. The Morgan fingerprint density at radius 3 is 2.67 bits per heavy atom. The van der Waals surface area contributed by atoms with Crippen molar-refractivity contribution in [2.24, 2.45) is 11.7 Å². The molecule has 98 valence electrons. The number of halogens is 1. The fourth-order valence-corrected chi connectivity index (χ4v) is 2.58. The van der Waals surface area contributed by atoms with Gasteiger partial charge in [0.05, 0.1) is 5.56 Å². The van der Waals surface area contributed by atoms with Gasteiger partial charge >= 0.3 is 0 Å². The van der Waals surface area contributed by atoms with Gasteiger partial charge in [0, 0.05) is 17.6 Å². The fourth-order valence-electron chi connectivity index (χ4n) is 2.23. The number of phenols is 1. The Morgan fingerprint density at radius 2 is 2.11 bits per heavy atom. The SMILES string of the molecule is NCC1CCN(C(=O)c2ccc(Br)cc2O)CC1. The molecule has 1 aliphatic heterocycles. The van der Waals surface area contributed by atoms with Crippen molar-refractivity contribution in [2.45, 2.75) is 12.8 Å². The van der Waals surface area contributed by atoms with E-state index in [1.165, 1.54) is 0 Å². The van der Waals surface area contributed by atoms with E-state index in [0.29, 0.717) is 18.0 Å². The van der Waals surface area contributed by atoms with Gasteiger partial charge in [-0.2, -0.15) is 0 Å². The van der Waals surface area contributed by atoms with Crippen molar-refractivity contribution in [3.05, 3.63) is 28.2 Å². The lowest BCUT2D eigenvalue weighted by Crippen LogP contribution is -2.40. The summed E-state index contributed by atoms with van der Waals surface area (Å²) in [5.41, 5.74) is 5.99. The minimum absolute atomic E-state index is 0.0234. The Hall–Kier alpha value is -1.07. The highest BCUT2D eigenvalue weighted by Crippen LogP contribution is 2.25. The Bertz CT molecular complexity index is 443. The molecular formula is C13H17BrN2O2. The number of piperidine rings is 1. The number of aromatic hydroxyl groups is 1. The molecule has 1 saturated heterocycles. The summed E-state index contributed by atoms with van der Waals surface area (Å²) in [6.45, 7) is 2.12. The number of carbonyl (C=O) groups is 1. The van der Waals surface area contributed by atoms with Crippen LogP contribution in [0.5, 0.6) is 5.75 Å². The Labute approximate surface area is 115 Å². The van der Waals surface area contributed by atoms with Gasteiger partial charge in [0.15, 0.2) is 0 Å². The van der Waals surface area contributed by atoms with Crippen LogP contribution in [0.15, 0.2) is 22.7 Å². The summed E-state index contributed by atoms with van der Waals surface area (Å²) in [4.78, 5) is 14.0. The first kappa shape index (κ1) is 13.4. The fraction of sp³-hybridized carbons (Fsp3) is 0.462. The zero-order valence-corrected chi connectivity index (χ0v) is 11.7. The molecule has 0 bridgehead atoms. The molecule has 4 nitrogen and oxygen atoms in total. The molecule has 18 heavy (non-hydrogen) atoms. The van der Waals surface area contributed by atoms with Gasteiger partial charge in [0.1, 0.15) is 5.75 Å². The molecule has 0 atom stereocenters. The first-order chi connectivity index (χ1) is 8.61. The second-order valence-corrected chi connectivity index (χ2v) is 5.55. The average Bonchev–Trinajstić information content (AvgIpc) is 2.38. The van der Waals surface area contributed by atoms with Crippen LogP contribution in [0.2, 0.25) is 0 Å². The van der Waals surface area contributed by atoms with Crippen LogP contribution in [0, 0.1) is 5.92 Å². The third-order valence-electron chi connectivity index (χ3n) is 3.43. The standard InChI is InChI=1S/C13H17BrN2O2/c14-10-1-2-11(12(17)7-10)13(18)16-5-3-9(8-15)4-6-16/h1-2,7,9,17H,3-6,8,15H2. The third kappa shape index (κ3) is 2.84. The van der Waals surface area contributed by atoms with Crippen molar-refractivity contribution in [3.63, 3.8) is 0 Å². The molecule has 1 heterocycles. The number of likely N-dealkylation sites (tertiary alicyclic amines) is 1. The van der Waals surface area contributed by atoms with Crippen molar-refractivity contribution in [3.8, 4) is 5.75 Å². The number of carbonyl (C=O) groups excluding carboxylic acids is 1. The van der Waals surface area contributed by atoms with E-state index in [1.807, 2.05) is 0 Å². The minimum atomic E-state index is -0.101. The molecule has 3 N–H and O–H groups in total. The predicted octanol–water partition coefficient (Wildman–Crippen LogP) is 1.97. The van der Waals surface area contributed by atoms with E-state index >= 15 is 0 Å². The van der Waals surface area contributed by atoms with Crippen molar-refractivity contribution in [1.82, 2.24) is 4.90 Å². The molecule has 1 amide bonds. The first-order valence-electron chi connectivity index (χ1n) is 6.09. The number of hydrogen-bond acceptors (Lipinski definition) is 3. The Balaban J connectivity index is 2.08. The number of hydrogen-bond donors (Lipinski definition) is 2. The van der Waals surface area contributed by atoms with Crippen LogP contribution in [-0.4, -0.2) is 35.5 Å². The van der Waals surface area contributed by atoms with Gasteiger partial charge in [-0.3, -0.25) is 4.79 Å². The predicted molar refractivity (Wildman–Crippen MR) is 73.5 cm³/mol. The van der Waals surface area contributed by atoms with Crippen molar-refractivity contribution >= 4 is 21.8 Å². The number of benzene rings is 1. The van der Waals surface area contributed by atoms with E-state index in [4.69, 9.17) is 5.73 Å². The van der Waals surface area contributed by atoms with E-state index in [9.17, 15) is 9.90 Å². The number of rotatable bonds is 2. The van der Waals surface area contributed by atoms with Gasteiger partial charge in [0.25, 0.3) is 5.91 Å². The molecule has 0 radical (unpaired) electrons. The lowest BCUT2D eigenvalue weighted by atomic mass is 9.96. The van der Waals surface area contributed by atoms with Crippen LogP contribution in [0.1, 0.15) is 23.2 Å². The highest BCUT2D eigenvalue weighted by Gasteiger charge is 2.24. The van der Waals surface area contributed by atoms with E-state index in [1.54, 1.807) is 23.1 Å². The smallest absolute Gasteiger partial charge is 0.257 e. The third-order valence-corrected chi connectivity index (χ3v) is 3.92. The van der Waals surface area contributed by atoms with E-state index in [0.717, 1.165) is 30.4 Å². The summed E-state index contributed by atoms with van der Waals surface area (Å²) in [7, 11) is 0. The van der Waals surface area contributed by atoms with Crippen molar-refractivity contribution < 1.29 is 9.90 Å². The molecule has 0 aromatic heterocycles. The van der Waals surface area contributed by atoms with E-state index in [-0.39, 0.29) is 11.7 Å². The maximum Gasteiger partial charge on any atom is 0.257 e. The molecule has 1 aromatic rings. The second kappa shape index (κ2) is 5.71. The van der Waals surface area contributed by atoms with Crippen molar-refractivity contribution in [1.29, 1.82) is 0 Å². The molecule has 5 heteroatoms. The van der Waals surface area contributed by atoms with Crippen LogP contribution < -0.4 is 5.73 Å². The van der Waals surface area contributed by atoms with Crippen molar-refractivity contribution in [2.75, 3.05) is 19.6 Å². The van der Waals surface area contributed by atoms with Gasteiger partial charge in [0.2, 0.25) is 0 Å². The van der Waals surface area contributed by atoms with Crippen LogP contribution in [-0.2, 0) is 0 Å². The largest absolute Gasteiger partial charge is 0.507 e. The monoisotopic (exact) mass is 312 g/mol. The number of nitrogens with two attached hydrogens (primary N) is 1. The second-order valence-electron chi connectivity index (χ2n) is 4.63. The molecule has 2 rings (SSSR count). The number of nitrogens with zero attached hydrogens (tertiary/aromatic N) is 1. The maximum atomic E-state index is 12.2. The summed E-state index contributed by atoms with van der Waals surface area (Å²) >= 11 is 3.26. The quantitative estimate of drug-likeness (QED) is 0.877. The normalized spacial score (nSPS) is 16.9.